The van der Waals surface area contributed by atoms with Crippen LogP contribution in [0.1, 0.15) is 21.5 Å². The third-order valence-corrected chi connectivity index (χ3v) is 5.28. The van der Waals surface area contributed by atoms with Gasteiger partial charge in [-0.3, -0.25) is 14.6 Å². The van der Waals surface area contributed by atoms with Crippen LogP contribution in [-0.2, 0) is 6.54 Å². The second-order valence-electron chi connectivity index (χ2n) is 6.77. The maximum atomic E-state index is 12.9. The van der Waals surface area contributed by atoms with Crippen molar-refractivity contribution in [2.45, 2.75) is 13.5 Å². The maximum Gasteiger partial charge on any atom is 0.258 e. The van der Waals surface area contributed by atoms with Crippen molar-refractivity contribution in [2.75, 3.05) is 5.32 Å². The molecule has 0 aliphatic heterocycles. The molecule has 1 N–H and O–H groups in total. The summed E-state index contributed by atoms with van der Waals surface area (Å²) in [7, 11) is 0. The molecular formula is C23H18ClN3O2. The van der Waals surface area contributed by atoms with Crippen LogP contribution in [0, 0.1) is 6.92 Å². The summed E-state index contributed by atoms with van der Waals surface area (Å²) in [6.45, 7) is 2.28. The van der Waals surface area contributed by atoms with Crippen molar-refractivity contribution in [3.8, 4) is 0 Å². The number of fused-ring (bicyclic) bond motifs is 1. The van der Waals surface area contributed by atoms with Crippen molar-refractivity contribution in [3.63, 3.8) is 0 Å². The summed E-state index contributed by atoms with van der Waals surface area (Å²) >= 11 is 6.28. The van der Waals surface area contributed by atoms with E-state index in [2.05, 4.69) is 10.3 Å². The van der Waals surface area contributed by atoms with Crippen LogP contribution in [0.3, 0.4) is 0 Å². The van der Waals surface area contributed by atoms with Gasteiger partial charge in [0.2, 0.25) is 0 Å². The van der Waals surface area contributed by atoms with Gasteiger partial charge in [-0.15, -0.1) is 0 Å². The van der Waals surface area contributed by atoms with E-state index >= 15 is 0 Å². The Bertz CT molecular complexity index is 1270. The van der Waals surface area contributed by atoms with Crippen LogP contribution in [0.15, 0.2) is 78.0 Å². The number of benzene rings is 2. The number of rotatable bonds is 4. The molecule has 2 aromatic carbocycles. The number of hydrogen-bond donors (Lipinski definition) is 1. The number of anilines is 1. The van der Waals surface area contributed by atoms with Gasteiger partial charge in [0.25, 0.3) is 11.5 Å². The summed E-state index contributed by atoms with van der Waals surface area (Å²) in [6.07, 6.45) is 5.16. The van der Waals surface area contributed by atoms with E-state index in [4.69, 9.17) is 11.6 Å². The SMILES string of the molecule is Cc1cccc(C(=O)Nc2cccc3c(=O)n(Cc4cccnc4)ccc23)c1Cl. The van der Waals surface area contributed by atoms with Crippen LogP contribution in [0.25, 0.3) is 10.8 Å². The molecule has 144 valence electrons. The molecule has 0 aliphatic carbocycles. The molecule has 2 heterocycles. The molecule has 0 atom stereocenters. The van der Waals surface area contributed by atoms with Crippen LogP contribution in [0.5, 0.6) is 0 Å². The first-order chi connectivity index (χ1) is 14.0. The fourth-order valence-corrected chi connectivity index (χ4v) is 3.46. The molecule has 4 rings (SSSR count). The van der Waals surface area contributed by atoms with Gasteiger partial charge in [0, 0.05) is 35.1 Å². The van der Waals surface area contributed by atoms with E-state index in [0.717, 1.165) is 11.1 Å². The third-order valence-electron chi connectivity index (χ3n) is 4.78. The molecule has 1 amide bonds. The smallest absolute Gasteiger partial charge is 0.258 e. The van der Waals surface area contributed by atoms with Crippen LogP contribution in [-0.4, -0.2) is 15.5 Å². The van der Waals surface area contributed by atoms with E-state index in [-0.39, 0.29) is 11.5 Å². The first-order valence-corrected chi connectivity index (χ1v) is 9.50. The second-order valence-corrected chi connectivity index (χ2v) is 7.15. The summed E-state index contributed by atoms with van der Waals surface area (Å²) < 4.78 is 1.63. The van der Waals surface area contributed by atoms with Crippen molar-refractivity contribution in [3.05, 3.63) is 105 Å². The first kappa shape index (κ1) is 18.9. The minimum absolute atomic E-state index is 0.129. The number of hydrogen-bond acceptors (Lipinski definition) is 3. The lowest BCUT2D eigenvalue weighted by Gasteiger charge is -2.12. The van der Waals surface area contributed by atoms with Crippen molar-refractivity contribution in [1.82, 2.24) is 9.55 Å². The lowest BCUT2D eigenvalue weighted by Crippen LogP contribution is -2.21. The van der Waals surface area contributed by atoms with Crippen molar-refractivity contribution in [2.24, 2.45) is 0 Å². The predicted octanol–water partition coefficient (Wildman–Crippen LogP) is 4.66. The van der Waals surface area contributed by atoms with E-state index in [9.17, 15) is 9.59 Å². The molecule has 4 aromatic rings. The van der Waals surface area contributed by atoms with Gasteiger partial charge in [0.1, 0.15) is 0 Å². The molecule has 0 saturated carbocycles. The number of nitrogens with one attached hydrogen (secondary N) is 1. The lowest BCUT2D eigenvalue weighted by atomic mass is 10.1. The molecule has 6 heteroatoms. The van der Waals surface area contributed by atoms with E-state index < -0.39 is 0 Å². The zero-order valence-corrected chi connectivity index (χ0v) is 16.5. The molecule has 0 fully saturated rings. The number of aryl methyl sites for hydroxylation is 1. The quantitative estimate of drug-likeness (QED) is 0.539. The minimum Gasteiger partial charge on any atom is -0.321 e. The second kappa shape index (κ2) is 7.89. The van der Waals surface area contributed by atoms with E-state index in [1.165, 1.54) is 0 Å². The lowest BCUT2D eigenvalue weighted by molar-refractivity contribution is 0.102. The Kier molecular flexibility index (Phi) is 5.14. The minimum atomic E-state index is -0.314. The van der Waals surface area contributed by atoms with Gasteiger partial charge in [-0.2, -0.15) is 0 Å². The van der Waals surface area contributed by atoms with E-state index in [1.807, 2.05) is 31.2 Å². The average Bonchev–Trinajstić information content (AvgIpc) is 2.73. The standard InChI is InChI=1S/C23H18ClN3O2/c1-15-5-2-8-19(21(15)24)22(28)26-20-9-3-7-18-17(20)10-12-27(23(18)29)14-16-6-4-11-25-13-16/h2-13H,14H2,1H3,(H,26,28). The van der Waals surface area contributed by atoms with Gasteiger partial charge < -0.3 is 9.88 Å². The number of nitrogens with zero attached hydrogens (tertiary/aromatic N) is 2. The Balaban J connectivity index is 1.69. The molecule has 0 aliphatic rings. The number of pyridine rings is 2. The summed E-state index contributed by atoms with van der Waals surface area (Å²) in [5, 5.41) is 4.51. The summed E-state index contributed by atoms with van der Waals surface area (Å²) in [6, 6.07) is 16.2. The topological polar surface area (TPSA) is 64.0 Å². The fraction of sp³-hybridized carbons (Fsp3) is 0.0870. The Morgan fingerprint density at radius 2 is 1.90 bits per heavy atom. The van der Waals surface area contributed by atoms with Crippen LogP contribution in [0.2, 0.25) is 5.02 Å². The molecule has 2 aromatic heterocycles. The van der Waals surface area contributed by atoms with Gasteiger partial charge in [-0.25, -0.2) is 0 Å². The number of carbonyl (C=O) groups is 1. The monoisotopic (exact) mass is 403 g/mol. The van der Waals surface area contributed by atoms with Gasteiger partial charge in [-0.1, -0.05) is 35.9 Å². The Morgan fingerprint density at radius 1 is 1.07 bits per heavy atom. The highest BCUT2D eigenvalue weighted by atomic mass is 35.5. The van der Waals surface area contributed by atoms with Crippen molar-refractivity contribution in [1.29, 1.82) is 0 Å². The van der Waals surface area contributed by atoms with E-state index in [1.54, 1.807) is 53.5 Å². The third kappa shape index (κ3) is 3.77. The Morgan fingerprint density at radius 3 is 2.69 bits per heavy atom. The van der Waals surface area contributed by atoms with Crippen LogP contribution < -0.4 is 10.9 Å². The van der Waals surface area contributed by atoms with Crippen LogP contribution in [0.4, 0.5) is 5.69 Å². The highest BCUT2D eigenvalue weighted by Gasteiger charge is 2.14. The van der Waals surface area contributed by atoms with Gasteiger partial charge in [-0.05, 0) is 48.4 Å². The molecule has 0 radical (unpaired) electrons. The van der Waals surface area contributed by atoms with E-state index in [0.29, 0.717) is 33.6 Å². The highest BCUT2D eigenvalue weighted by molar-refractivity contribution is 6.35. The molecule has 0 spiro atoms. The summed E-state index contributed by atoms with van der Waals surface area (Å²) in [4.78, 5) is 29.8. The van der Waals surface area contributed by atoms with Gasteiger partial charge in [0.15, 0.2) is 0 Å². The zero-order chi connectivity index (χ0) is 20.4. The summed E-state index contributed by atoms with van der Waals surface area (Å²) in [5.74, 6) is -0.314. The fourth-order valence-electron chi connectivity index (χ4n) is 3.25. The number of aromatic nitrogens is 2. The van der Waals surface area contributed by atoms with Gasteiger partial charge >= 0.3 is 0 Å². The number of carbonyl (C=O) groups excluding carboxylic acids is 1. The zero-order valence-electron chi connectivity index (χ0n) is 15.7. The van der Waals surface area contributed by atoms with Gasteiger partial charge in [0.05, 0.1) is 17.1 Å². The van der Waals surface area contributed by atoms with Crippen molar-refractivity contribution >= 4 is 34.0 Å². The summed E-state index contributed by atoms with van der Waals surface area (Å²) in [5.41, 5.74) is 2.60. The van der Waals surface area contributed by atoms with Crippen LogP contribution >= 0.6 is 11.6 Å². The largest absolute Gasteiger partial charge is 0.321 e. The van der Waals surface area contributed by atoms with Crippen molar-refractivity contribution < 1.29 is 4.79 Å². The number of halogens is 1. The Hall–Kier alpha value is -3.44. The maximum absolute atomic E-state index is 12.9. The molecule has 0 bridgehead atoms. The molecule has 29 heavy (non-hydrogen) atoms. The number of amides is 1. The predicted molar refractivity (Wildman–Crippen MR) is 116 cm³/mol. The highest BCUT2D eigenvalue weighted by Crippen LogP contribution is 2.25. The average molecular weight is 404 g/mol. The molecular weight excluding hydrogens is 386 g/mol. The normalized spacial score (nSPS) is 10.8. The first-order valence-electron chi connectivity index (χ1n) is 9.12. The molecule has 0 saturated heterocycles. The molecule has 5 nitrogen and oxygen atoms in total. The molecule has 0 unspecified atom stereocenters. The Labute approximate surface area is 172 Å².